The van der Waals surface area contributed by atoms with Crippen LogP contribution in [0.1, 0.15) is 22.3 Å². The van der Waals surface area contributed by atoms with Crippen LogP contribution in [0.5, 0.6) is 0 Å². The second-order valence-corrected chi connectivity index (χ2v) is 7.14. The maximum Gasteiger partial charge on any atom is 0.458 e. The second kappa shape index (κ2) is 8.72. The van der Waals surface area contributed by atoms with Crippen LogP contribution < -0.4 is 0 Å². The number of hydrogen-bond donors (Lipinski definition) is 0. The van der Waals surface area contributed by atoms with Gasteiger partial charge in [0.1, 0.15) is 11.6 Å². The van der Waals surface area contributed by atoms with Crippen LogP contribution in [-0.4, -0.2) is 16.1 Å². The highest BCUT2D eigenvalue weighted by Crippen LogP contribution is 2.25. The van der Waals surface area contributed by atoms with Crippen molar-refractivity contribution < 1.29 is 22.0 Å². The minimum absolute atomic E-state index is 0.0455. The topological polar surface area (TPSA) is 25.8 Å². The van der Waals surface area contributed by atoms with Crippen LogP contribution in [0.2, 0.25) is 0 Å². The van der Waals surface area contributed by atoms with E-state index in [2.05, 4.69) is 21.8 Å². The zero-order valence-electron chi connectivity index (χ0n) is 17.1. The van der Waals surface area contributed by atoms with E-state index < -0.39 is 23.4 Å². The fourth-order valence-corrected chi connectivity index (χ4v) is 3.04. The van der Waals surface area contributed by atoms with Crippen LogP contribution in [0.25, 0.3) is 22.2 Å². The lowest BCUT2D eigenvalue weighted by Gasteiger charge is -2.05. The Morgan fingerprint density at radius 2 is 1.42 bits per heavy atom. The summed E-state index contributed by atoms with van der Waals surface area (Å²) in [6, 6.07) is 12.5. The average Bonchev–Trinajstić information content (AvgIpc) is 2.77. The third kappa shape index (κ3) is 5.16. The Morgan fingerprint density at radius 3 is 2.09 bits per heavy atom. The third-order valence-electron chi connectivity index (χ3n) is 4.63. The summed E-state index contributed by atoms with van der Waals surface area (Å²) < 4.78 is 65.6. The molecule has 0 aliphatic carbocycles. The Morgan fingerprint density at radius 1 is 0.788 bits per heavy atom. The van der Waals surface area contributed by atoms with Crippen molar-refractivity contribution >= 4 is 10.8 Å². The van der Waals surface area contributed by atoms with Crippen LogP contribution in [-0.2, 0) is 0 Å². The molecule has 0 spiro atoms. The summed E-state index contributed by atoms with van der Waals surface area (Å²) in [4.78, 5) is 8.54. The fraction of sp³-hybridized carbons (Fsp3) is 0.0769. The summed E-state index contributed by atoms with van der Waals surface area (Å²) in [5.74, 6) is 6.58. The van der Waals surface area contributed by atoms with Gasteiger partial charge in [-0.2, -0.15) is 13.2 Å². The normalized spacial score (nSPS) is 10.8. The molecule has 162 valence electrons. The molecule has 0 bridgehead atoms. The fourth-order valence-electron chi connectivity index (χ4n) is 3.04. The van der Waals surface area contributed by atoms with Gasteiger partial charge in [-0.3, -0.25) is 0 Å². The average molecular weight is 448 g/mol. The molecule has 0 atom stereocenters. The molecule has 2 nitrogen and oxygen atoms in total. The Kier molecular flexibility index (Phi) is 5.81. The van der Waals surface area contributed by atoms with E-state index in [0.29, 0.717) is 17.0 Å². The molecule has 1 heterocycles. The Hall–Kier alpha value is -4.23. The van der Waals surface area contributed by atoms with E-state index >= 15 is 0 Å². The lowest BCUT2D eigenvalue weighted by atomic mass is 10.0. The molecule has 0 fully saturated rings. The van der Waals surface area contributed by atoms with Crippen LogP contribution in [0, 0.1) is 42.2 Å². The molecule has 1 aromatic heterocycles. The molecule has 3 aromatic carbocycles. The van der Waals surface area contributed by atoms with Crippen molar-refractivity contribution in [1.82, 2.24) is 9.97 Å². The number of hydrogen-bond acceptors (Lipinski definition) is 2. The zero-order valence-corrected chi connectivity index (χ0v) is 17.1. The van der Waals surface area contributed by atoms with Gasteiger partial charge in [-0.25, -0.2) is 18.7 Å². The van der Waals surface area contributed by atoms with Crippen molar-refractivity contribution in [1.29, 1.82) is 0 Å². The number of rotatable bonds is 1. The number of fused-ring (bicyclic) bond motifs is 1. The highest BCUT2D eigenvalue weighted by atomic mass is 19.4. The third-order valence-corrected chi connectivity index (χ3v) is 4.63. The van der Waals surface area contributed by atoms with E-state index in [0.717, 1.165) is 23.1 Å². The molecule has 0 radical (unpaired) electrons. The molecular weight excluding hydrogens is 435 g/mol. The van der Waals surface area contributed by atoms with Crippen molar-refractivity contribution in [3.63, 3.8) is 0 Å². The van der Waals surface area contributed by atoms with E-state index in [1.165, 1.54) is 24.1 Å². The summed E-state index contributed by atoms with van der Waals surface area (Å²) in [5, 5.41) is 0.122. The molecule has 0 amide bonds. The first-order valence-electron chi connectivity index (χ1n) is 9.62. The zero-order chi connectivity index (χ0) is 23.6. The first-order valence-corrected chi connectivity index (χ1v) is 9.62. The number of nitrogens with zero attached hydrogens (tertiary/aromatic N) is 2. The molecule has 4 rings (SSSR count). The van der Waals surface area contributed by atoms with Gasteiger partial charge < -0.3 is 0 Å². The summed E-state index contributed by atoms with van der Waals surface area (Å²) >= 11 is 0. The first-order chi connectivity index (χ1) is 15.7. The largest absolute Gasteiger partial charge is 0.458 e. The predicted molar refractivity (Wildman–Crippen MR) is 115 cm³/mol. The molecule has 7 heteroatoms. The number of alkyl halides is 3. The Bertz CT molecular complexity index is 1460. The predicted octanol–water partition coefficient (Wildman–Crippen LogP) is 6.20. The molecule has 0 aliphatic rings. The van der Waals surface area contributed by atoms with E-state index in [4.69, 9.17) is 0 Å². The van der Waals surface area contributed by atoms with Crippen LogP contribution in [0.4, 0.5) is 22.0 Å². The summed E-state index contributed by atoms with van der Waals surface area (Å²) in [6.45, 7) is 1.90. The molecule has 33 heavy (non-hydrogen) atoms. The molecule has 0 saturated heterocycles. The van der Waals surface area contributed by atoms with Gasteiger partial charge >= 0.3 is 6.18 Å². The first kappa shape index (κ1) is 22.0. The standard InChI is InChI=1S/C26H13F5N2/c1-16-14-32-25(33-15-16)19-7-4-17(5-8-19)2-3-18-6-9-21-20(12-18)13-23(27)22(24(21)28)10-11-26(29,30)31/h4-9,12-15H,1H3. The number of benzene rings is 3. The van der Waals surface area contributed by atoms with Gasteiger partial charge in [0.05, 0.1) is 5.56 Å². The van der Waals surface area contributed by atoms with E-state index in [1.807, 2.05) is 19.1 Å². The van der Waals surface area contributed by atoms with Gasteiger partial charge in [-0.15, -0.1) is 0 Å². The van der Waals surface area contributed by atoms with Crippen molar-refractivity contribution in [2.24, 2.45) is 0 Å². The van der Waals surface area contributed by atoms with E-state index in [9.17, 15) is 22.0 Å². The van der Waals surface area contributed by atoms with Crippen molar-refractivity contribution in [2.75, 3.05) is 0 Å². The minimum atomic E-state index is -4.85. The second-order valence-electron chi connectivity index (χ2n) is 7.14. The minimum Gasteiger partial charge on any atom is -0.236 e. The molecular formula is C26H13F5N2. The van der Waals surface area contributed by atoms with Crippen LogP contribution in [0.15, 0.2) is 60.9 Å². The Labute approximate surface area is 186 Å². The van der Waals surface area contributed by atoms with Gasteiger partial charge in [0, 0.05) is 40.4 Å². The summed E-state index contributed by atoms with van der Waals surface area (Å²) in [6.07, 6.45) is -1.39. The molecule has 0 N–H and O–H groups in total. The van der Waals surface area contributed by atoms with E-state index in [1.54, 1.807) is 24.5 Å². The number of halogens is 5. The molecule has 0 aliphatic heterocycles. The van der Waals surface area contributed by atoms with Crippen molar-refractivity contribution in [3.05, 3.63) is 94.8 Å². The van der Waals surface area contributed by atoms with E-state index in [-0.39, 0.29) is 10.8 Å². The van der Waals surface area contributed by atoms with Crippen LogP contribution >= 0.6 is 0 Å². The highest BCUT2D eigenvalue weighted by molar-refractivity contribution is 5.86. The highest BCUT2D eigenvalue weighted by Gasteiger charge is 2.24. The lowest BCUT2D eigenvalue weighted by molar-refractivity contribution is -0.0696. The summed E-state index contributed by atoms with van der Waals surface area (Å²) in [5.41, 5.74) is 2.07. The number of aromatic nitrogens is 2. The monoisotopic (exact) mass is 448 g/mol. The molecule has 0 saturated carbocycles. The van der Waals surface area contributed by atoms with Gasteiger partial charge in [0.25, 0.3) is 0 Å². The van der Waals surface area contributed by atoms with Gasteiger partial charge in [-0.1, -0.05) is 23.8 Å². The molecule has 4 aromatic rings. The Balaban J connectivity index is 1.61. The number of aryl methyl sites for hydroxylation is 1. The smallest absolute Gasteiger partial charge is 0.236 e. The van der Waals surface area contributed by atoms with Crippen molar-refractivity contribution in [2.45, 2.75) is 13.1 Å². The van der Waals surface area contributed by atoms with Crippen LogP contribution in [0.3, 0.4) is 0 Å². The van der Waals surface area contributed by atoms with Crippen molar-refractivity contribution in [3.8, 4) is 35.1 Å². The van der Waals surface area contributed by atoms with Gasteiger partial charge in [0.2, 0.25) is 0 Å². The van der Waals surface area contributed by atoms with Gasteiger partial charge in [0.15, 0.2) is 5.82 Å². The summed E-state index contributed by atoms with van der Waals surface area (Å²) in [7, 11) is 0. The lowest BCUT2D eigenvalue weighted by Crippen LogP contribution is -2.02. The maximum atomic E-state index is 14.5. The SMILES string of the molecule is Cc1cnc(-c2ccc(C#Cc3ccc4c(F)c(C#CC(F)(F)F)c(F)cc4c3)cc2)nc1. The molecule has 0 unspecified atom stereocenters. The van der Waals surface area contributed by atoms with Gasteiger partial charge in [-0.05, 0) is 60.3 Å². The maximum absolute atomic E-state index is 14.5. The quantitative estimate of drug-likeness (QED) is 0.256.